The van der Waals surface area contributed by atoms with E-state index >= 15 is 0 Å². The summed E-state index contributed by atoms with van der Waals surface area (Å²) in [6, 6.07) is 3.49. The van der Waals surface area contributed by atoms with Crippen LogP contribution in [0.4, 0.5) is 0 Å². The smallest absolute Gasteiger partial charge is 0.269 e. The van der Waals surface area contributed by atoms with E-state index in [2.05, 4.69) is 10.4 Å². The molecule has 1 unspecified atom stereocenters. The standard InChI is InChI=1S/C9H12N4O/c1-7(3-5-10)12-9(14)8-4-6-11-13(8)2/h4,6-7H,3H2,1-2H3,(H,12,14). The molecular weight excluding hydrogens is 180 g/mol. The van der Waals surface area contributed by atoms with Gasteiger partial charge in [0.2, 0.25) is 0 Å². The Morgan fingerprint density at radius 2 is 2.57 bits per heavy atom. The molecule has 0 saturated heterocycles. The zero-order valence-electron chi connectivity index (χ0n) is 8.19. The van der Waals surface area contributed by atoms with Gasteiger partial charge in [-0.1, -0.05) is 0 Å². The summed E-state index contributed by atoms with van der Waals surface area (Å²) in [5.41, 5.74) is 0.495. The van der Waals surface area contributed by atoms with Gasteiger partial charge in [-0.3, -0.25) is 9.48 Å². The molecule has 0 aliphatic rings. The second-order valence-corrected chi connectivity index (χ2v) is 3.08. The lowest BCUT2D eigenvalue weighted by molar-refractivity contribution is 0.0931. The monoisotopic (exact) mass is 192 g/mol. The average Bonchev–Trinajstić information content (AvgIpc) is 2.51. The fourth-order valence-electron chi connectivity index (χ4n) is 1.08. The van der Waals surface area contributed by atoms with Crippen molar-refractivity contribution in [2.45, 2.75) is 19.4 Å². The number of hydrogen-bond donors (Lipinski definition) is 1. The van der Waals surface area contributed by atoms with Crippen LogP contribution in [0.5, 0.6) is 0 Å². The molecule has 1 rings (SSSR count). The molecule has 5 nitrogen and oxygen atoms in total. The Bertz CT molecular complexity index is 363. The third-order valence-corrected chi connectivity index (χ3v) is 1.83. The molecule has 0 bridgehead atoms. The summed E-state index contributed by atoms with van der Waals surface area (Å²) in [7, 11) is 1.70. The number of aryl methyl sites for hydroxylation is 1. The molecule has 0 spiro atoms. The molecular formula is C9H12N4O. The summed E-state index contributed by atoms with van der Waals surface area (Å²) < 4.78 is 1.49. The van der Waals surface area contributed by atoms with Crippen molar-refractivity contribution in [1.82, 2.24) is 15.1 Å². The number of aromatic nitrogens is 2. The molecule has 0 saturated carbocycles. The zero-order chi connectivity index (χ0) is 10.6. The van der Waals surface area contributed by atoms with E-state index in [0.29, 0.717) is 12.1 Å². The third kappa shape index (κ3) is 2.33. The minimum absolute atomic E-state index is 0.137. The van der Waals surface area contributed by atoms with Gasteiger partial charge in [0.25, 0.3) is 5.91 Å². The molecule has 74 valence electrons. The Labute approximate surface area is 82.3 Å². The highest BCUT2D eigenvalue weighted by Gasteiger charge is 2.11. The van der Waals surface area contributed by atoms with Gasteiger partial charge in [0.05, 0.1) is 12.5 Å². The van der Waals surface area contributed by atoms with Gasteiger partial charge in [0, 0.05) is 19.3 Å². The summed E-state index contributed by atoms with van der Waals surface area (Å²) in [4.78, 5) is 11.5. The molecule has 0 aromatic carbocycles. The molecule has 5 heteroatoms. The van der Waals surface area contributed by atoms with E-state index in [9.17, 15) is 4.79 Å². The predicted octanol–water partition coefficient (Wildman–Crippen LogP) is 0.452. The van der Waals surface area contributed by atoms with Crippen LogP contribution in [0.1, 0.15) is 23.8 Å². The molecule has 1 aromatic rings. The first kappa shape index (κ1) is 10.3. The fourth-order valence-corrected chi connectivity index (χ4v) is 1.08. The second-order valence-electron chi connectivity index (χ2n) is 3.08. The third-order valence-electron chi connectivity index (χ3n) is 1.83. The lowest BCUT2D eigenvalue weighted by atomic mass is 10.2. The van der Waals surface area contributed by atoms with Gasteiger partial charge in [-0.25, -0.2) is 0 Å². The molecule has 1 heterocycles. The highest BCUT2D eigenvalue weighted by molar-refractivity contribution is 5.92. The Kier molecular flexibility index (Phi) is 3.24. The van der Waals surface area contributed by atoms with Crippen LogP contribution in [0, 0.1) is 11.3 Å². The van der Waals surface area contributed by atoms with Gasteiger partial charge in [-0.15, -0.1) is 0 Å². The average molecular weight is 192 g/mol. The van der Waals surface area contributed by atoms with Crippen molar-refractivity contribution in [2.24, 2.45) is 7.05 Å². The Hall–Kier alpha value is -1.83. The van der Waals surface area contributed by atoms with E-state index in [1.165, 1.54) is 4.68 Å². The number of nitrogens with one attached hydrogen (secondary N) is 1. The van der Waals surface area contributed by atoms with Crippen molar-refractivity contribution in [3.8, 4) is 6.07 Å². The summed E-state index contributed by atoms with van der Waals surface area (Å²) in [5.74, 6) is -0.201. The van der Waals surface area contributed by atoms with Gasteiger partial charge in [-0.05, 0) is 13.0 Å². The first-order valence-corrected chi connectivity index (χ1v) is 4.31. The first-order chi connectivity index (χ1) is 6.65. The maximum Gasteiger partial charge on any atom is 0.269 e. The van der Waals surface area contributed by atoms with Crippen molar-refractivity contribution in [3.05, 3.63) is 18.0 Å². The Morgan fingerprint density at radius 3 is 3.07 bits per heavy atom. The topological polar surface area (TPSA) is 70.7 Å². The van der Waals surface area contributed by atoms with E-state index < -0.39 is 0 Å². The van der Waals surface area contributed by atoms with Crippen molar-refractivity contribution < 1.29 is 4.79 Å². The first-order valence-electron chi connectivity index (χ1n) is 4.31. The molecule has 0 aliphatic heterocycles. The summed E-state index contributed by atoms with van der Waals surface area (Å²) >= 11 is 0. The lowest BCUT2D eigenvalue weighted by Crippen LogP contribution is -2.33. The van der Waals surface area contributed by atoms with Crippen LogP contribution in [0.25, 0.3) is 0 Å². The zero-order valence-corrected chi connectivity index (χ0v) is 8.19. The predicted molar refractivity (Wildman–Crippen MR) is 50.4 cm³/mol. The number of nitriles is 1. The maximum atomic E-state index is 11.5. The number of amides is 1. The lowest BCUT2D eigenvalue weighted by Gasteiger charge is -2.09. The summed E-state index contributed by atoms with van der Waals surface area (Å²) in [6.07, 6.45) is 1.87. The Morgan fingerprint density at radius 1 is 1.86 bits per heavy atom. The summed E-state index contributed by atoms with van der Waals surface area (Å²) in [5, 5.41) is 15.0. The largest absolute Gasteiger partial charge is 0.347 e. The fraction of sp³-hybridized carbons (Fsp3) is 0.444. The molecule has 0 aliphatic carbocycles. The highest BCUT2D eigenvalue weighted by Crippen LogP contribution is 1.97. The van der Waals surface area contributed by atoms with E-state index in [1.54, 1.807) is 26.2 Å². The normalized spacial score (nSPS) is 11.8. The van der Waals surface area contributed by atoms with Crippen molar-refractivity contribution in [1.29, 1.82) is 5.26 Å². The number of nitrogens with zero attached hydrogens (tertiary/aromatic N) is 3. The highest BCUT2D eigenvalue weighted by atomic mass is 16.2. The quantitative estimate of drug-likeness (QED) is 0.755. The molecule has 0 fully saturated rings. The second kappa shape index (κ2) is 4.42. The van der Waals surface area contributed by atoms with Crippen LogP contribution in [0.15, 0.2) is 12.3 Å². The van der Waals surface area contributed by atoms with Crippen LogP contribution < -0.4 is 5.32 Å². The minimum atomic E-state index is -0.201. The summed E-state index contributed by atoms with van der Waals surface area (Å²) in [6.45, 7) is 1.79. The van der Waals surface area contributed by atoms with Crippen LogP contribution in [-0.2, 0) is 7.05 Å². The molecule has 14 heavy (non-hydrogen) atoms. The van der Waals surface area contributed by atoms with Crippen LogP contribution >= 0.6 is 0 Å². The molecule has 1 aromatic heterocycles. The van der Waals surface area contributed by atoms with E-state index in [-0.39, 0.29) is 11.9 Å². The van der Waals surface area contributed by atoms with Gasteiger partial charge in [-0.2, -0.15) is 10.4 Å². The van der Waals surface area contributed by atoms with Crippen molar-refractivity contribution >= 4 is 5.91 Å². The number of hydrogen-bond acceptors (Lipinski definition) is 3. The molecule has 1 N–H and O–H groups in total. The van der Waals surface area contributed by atoms with Gasteiger partial charge in [0.1, 0.15) is 5.69 Å². The van der Waals surface area contributed by atoms with Gasteiger partial charge >= 0.3 is 0 Å². The van der Waals surface area contributed by atoms with E-state index in [0.717, 1.165) is 0 Å². The molecule has 0 radical (unpaired) electrons. The maximum absolute atomic E-state index is 11.5. The van der Waals surface area contributed by atoms with Gasteiger partial charge in [0.15, 0.2) is 0 Å². The molecule has 1 atom stereocenters. The molecule has 1 amide bonds. The van der Waals surface area contributed by atoms with E-state index in [1.807, 2.05) is 6.07 Å². The van der Waals surface area contributed by atoms with Crippen LogP contribution in [0.3, 0.4) is 0 Å². The van der Waals surface area contributed by atoms with Gasteiger partial charge < -0.3 is 5.32 Å². The van der Waals surface area contributed by atoms with Crippen molar-refractivity contribution in [2.75, 3.05) is 0 Å². The van der Waals surface area contributed by atoms with Crippen LogP contribution in [0.2, 0.25) is 0 Å². The minimum Gasteiger partial charge on any atom is -0.347 e. The van der Waals surface area contributed by atoms with Crippen molar-refractivity contribution in [3.63, 3.8) is 0 Å². The number of carbonyl (C=O) groups is 1. The van der Waals surface area contributed by atoms with E-state index in [4.69, 9.17) is 5.26 Å². The number of rotatable bonds is 3. The van der Waals surface area contributed by atoms with Crippen LogP contribution in [-0.4, -0.2) is 21.7 Å². The SMILES string of the molecule is CC(CC#N)NC(=O)c1ccnn1C. The number of carbonyl (C=O) groups excluding carboxylic acids is 1. The Balaban J connectivity index is 2.60.